The third kappa shape index (κ3) is 39.6. The zero-order chi connectivity index (χ0) is 86.2. The van der Waals surface area contributed by atoms with Crippen LogP contribution in [-0.2, 0) is 57.5 Å². The molecule has 0 saturated carbocycles. The zero-order valence-electron chi connectivity index (χ0n) is 75.7. The summed E-state index contributed by atoms with van der Waals surface area (Å²) in [5.74, 6) is 4.60. The van der Waals surface area contributed by atoms with Crippen molar-refractivity contribution in [3.63, 3.8) is 0 Å². The Morgan fingerprint density at radius 1 is 0.395 bits per heavy atom. The van der Waals surface area contributed by atoms with E-state index in [1.807, 2.05) is 6.33 Å². The van der Waals surface area contributed by atoms with Gasteiger partial charge in [0.1, 0.15) is 5.82 Å². The minimum Gasteiger partial charge on any atom is -0.0812 e. The molecular formula is C99H144I9N6-5. The van der Waals surface area contributed by atoms with Crippen LogP contribution in [0.1, 0.15) is 213 Å². The molecule has 0 bridgehead atoms. The van der Waals surface area contributed by atoms with Gasteiger partial charge in [-0.15, -0.1) is 0 Å². The molecule has 0 saturated heterocycles. The largest absolute Gasteiger partial charge is 0.0812 e. The molecule has 0 spiro atoms. The van der Waals surface area contributed by atoms with Gasteiger partial charge in [-0.05, 0) is 117 Å². The second-order valence-corrected chi connectivity index (χ2v) is 45.8. The third-order valence-corrected chi connectivity index (χ3v) is 35.1. The first-order valence-corrected chi connectivity index (χ1v) is 62.2. The number of hydrogen-bond acceptors (Lipinski definition) is 4. The summed E-state index contributed by atoms with van der Waals surface area (Å²) in [4.78, 5) is 25.1. The van der Waals surface area contributed by atoms with Gasteiger partial charge in [0.2, 0.25) is 0 Å². The topological polar surface area (TPSA) is 42.1 Å². The monoisotopic (exact) mass is 2560 g/mol. The van der Waals surface area contributed by atoms with Crippen LogP contribution in [0, 0.1) is 92.1 Å². The molecule has 0 aliphatic rings. The summed E-state index contributed by atoms with van der Waals surface area (Å²) < 4.78 is 16.5. The van der Waals surface area contributed by atoms with E-state index in [0.717, 1.165) is 48.2 Å². The molecular weight excluding hydrogens is 2420 g/mol. The van der Waals surface area contributed by atoms with Gasteiger partial charge >= 0.3 is 456 Å². The number of aromatic nitrogens is 4. The van der Waals surface area contributed by atoms with E-state index < -0.39 is 0 Å². The van der Waals surface area contributed by atoms with Crippen molar-refractivity contribution in [2.45, 2.75) is 219 Å². The van der Waals surface area contributed by atoms with Crippen molar-refractivity contribution in [2.75, 3.05) is 52.8 Å². The summed E-state index contributed by atoms with van der Waals surface area (Å²) in [5, 5.41) is 2.88. The Balaban J connectivity index is 0.000000437. The van der Waals surface area contributed by atoms with Gasteiger partial charge in [-0.2, -0.15) is 0 Å². The molecule has 638 valence electrons. The number of nitrogens with zero attached hydrogens (tertiary/aromatic N) is 6. The Labute approximate surface area is 804 Å². The van der Waals surface area contributed by atoms with E-state index in [-0.39, 0.29) is 106 Å². The van der Waals surface area contributed by atoms with Gasteiger partial charge in [0, 0.05) is 39.0 Å². The van der Waals surface area contributed by atoms with E-state index in [1.54, 1.807) is 19.8 Å². The number of hydrogen-bond donors (Lipinski definition) is 0. The van der Waals surface area contributed by atoms with Crippen LogP contribution in [0.3, 0.4) is 0 Å². The maximum Gasteiger partial charge on any atom is 0.0247 e. The number of benzene rings is 8. The van der Waals surface area contributed by atoms with Crippen LogP contribution in [0.4, 0.5) is 0 Å². The maximum atomic E-state index is 4.58. The first kappa shape index (κ1) is 109. The Hall–Kier alpha value is -1.07. The Bertz CT molecular complexity index is 4290. The number of halogens is 9. The van der Waals surface area contributed by atoms with Gasteiger partial charge in [-0.3, -0.25) is 0 Å². The SMILES string of the molecule is CC(C)Cc1ccc(C(C)C)cc1CI.C[C@H](Cc1cn(C)c(CI)n1)N(C)C.C[I-]c1c(C)ccc2cc(C(C)C)ccc12.C[I-]c1c(C[C@@H](C)N(C)C)ncn1C.C[I-]c1cc(CC(C)C)ccc1C(C)C.C[I-]c1cccc(C)c1C.C[I-]c1cccc(C)c1C.Cc1ccc(CI)cc1C.Cc1ccc(CI)cc1C. The fraction of sp³-hybridized carbons (Fsp3) is 0.475. The summed E-state index contributed by atoms with van der Waals surface area (Å²) >= 11 is 10.6. The molecule has 0 radical (unpaired) electrons. The van der Waals surface area contributed by atoms with E-state index in [2.05, 4.69) is 477 Å². The predicted octanol–water partition coefficient (Wildman–Crippen LogP) is 11.5. The number of likely N-dealkylation sites (N-methyl/N-ethyl adjacent to an activating group) is 2. The van der Waals surface area contributed by atoms with Crippen LogP contribution in [-0.4, -0.2) is 93.8 Å². The molecule has 0 aliphatic heterocycles. The molecule has 8 aromatic carbocycles. The van der Waals surface area contributed by atoms with Crippen LogP contribution >= 0.6 is 90.4 Å². The van der Waals surface area contributed by atoms with Gasteiger partial charge in [0.15, 0.2) is 0 Å². The van der Waals surface area contributed by atoms with Crippen LogP contribution in [0.5, 0.6) is 0 Å². The van der Waals surface area contributed by atoms with Gasteiger partial charge in [-0.25, -0.2) is 4.98 Å². The van der Waals surface area contributed by atoms with Crippen molar-refractivity contribution in [3.05, 3.63) is 282 Å². The molecule has 2 heterocycles. The molecule has 0 amide bonds. The van der Waals surface area contributed by atoms with E-state index >= 15 is 0 Å². The Morgan fingerprint density at radius 3 is 1.29 bits per heavy atom. The van der Waals surface area contributed by atoms with Crippen molar-refractivity contribution in [1.82, 2.24) is 28.9 Å². The number of imidazole rings is 2. The minimum absolute atomic E-state index is 0.134. The molecule has 2 atom stereocenters. The van der Waals surface area contributed by atoms with Crippen molar-refractivity contribution in [2.24, 2.45) is 25.9 Å². The van der Waals surface area contributed by atoms with Crippen LogP contribution < -0.4 is 106 Å². The smallest absolute Gasteiger partial charge is 0.0247 e. The average Bonchev–Trinajstić information content (AvgIpc) is 1.02. The fourth-order valence-electron chi connectivity index (χ4n) is 11.8. The molecule has 2 aromatic heterocycles. The number of rotatable bonds is 22. The van der Waals surface area contributed by atoms with E-state index in [0.29, 0.717) is 29.8 Å². The number of fused-ring (bicyclic) bond motifs is 1. The van der Waals surface area contributed by atoms with Crippen molar-refractivity contribution >= 4 is 101 Å². The zero-order valence-corrected chi connectivity index (χ0v) is 95.1. The quantitative estimate of drug-likeness (QED) is 0.0501. The Morgan fingerprint density at radius 2 is 0.877 bits per heavy atom. The van der Waals surface area contributed by atoms with Crippen LogP contribution in [0.25, 0.3) is 10.8 Å². The third-order valence-electron chi connectivity index (χ3n) is 20.2. The molecule has 114 heavy (non-hydrogen) atoms. The summed E-state index contributed by atoms with van der Waals surface area (Å²) in [6.45, 7) is 46.8. The summed E-state index contributed by atoms with van der Waals surface area (Å²) in [5.41, 5.74) is 27.3. The Kier molecular flexibility index (Phi) is 56.3. The summed E-state index contributed by atoms with van der Waals surface area (Å²) in [6.07, 6.45) is 8.59. The number of alkyl halides is 9. The summed E-state index contributed by atoms with van der Waals surface area (Å²) in [7, 11) is 12.6. The second-order valence-electron chi connectivity index (χ2n) is 31.8. The van der Waals surface area contributed by atoms with E-state index in [9.17, 15) is 0 Å². The van der Waals surface area contributed by atoms with Gasteiger partial charge < -0.3 is 9.47 Å². The molecule has 0 aliphatic carbocycles. The fourth-order valence-corrected chi connectivity index (χ4v) is 23.9. The van der Waals surface area contributed by atoms with Crippen molar-refractivity contribution in [1.29, 1.82) is 0 Å². The second kappa shape index (κ2) is 58.9. The molecule has 6 nitrogen and oxygen atoms in total. The molecule has 10 aromatic rings. The molecule has 0 N–H and O–H groups in total. The first-order valence-electron chi connectivity index (χ1n) is 39.9. The van der Waals surface area contributed by atoms with E-state index in [1.165, 1.54) is 128 Å². The van der Waals surface area contributed by atoms with Crippen LogP contribution in [0.2, 0.25) is 0 Å². The van der Waals surface area contributed by atoms with E-state index in [4.69, 9.17) is 0 Å². The van der Waals surface area contributed by atoms with Gasteiger partial charge in [0.25, 0.3) is 0 Å². The van der Waals surface area contributed by atoms with Gasteiger partial charge in [-0.1, -0.05) is 173 Å². The normalized spacial score (nSPS) is 11.6. The average molecular weight is 2560 g/mol. The molecule has 0 fully saturated rings. The predicted molar refractivity (Wildman–Crippen MR) is 519 cm³/mol. The maximum absolute atomic E-state index is 4.58. The van der Waals surface area contributed by atoms with Gasteiger partial charge in [0.05, 0.1) is 10.1 Å². The first-order chi connectivity index (χ1) is 53.8. The molecule has 0 unspecified atom stereocenters. The standard InChI is InChI=1S/C15H18I.C14H22I.C14H21I.C10H19IN3.C10H18IN3.2C9H12I.2C9H11I/c1-10(2)12-7-8-14-13(9-12)6-5-11(3)15(14)16-4;1-10(2)8-12-6-7-13(11(3)4)14(9-12)15-5;1-10(2)7-13-6-5-12(11(3)4)8-14(13)9-15;1-8(13(3)4)6-9-10(11-2)14(5)7-12-9;1-8(13(2)3)5-9-7-14(4)10(6-11)12-9;2*1-7-5-4-6-9(10-3)8(7)2;2*1-7-3-4-9(6-10)5-8(7)2/h5-10H,1-4H3;6-7,9-11H,8H2,1-5H3;5-6,8,10-11H,7,9H2,1-4H3;7-8H,6H2,1-5H3;7-8H,5-6H2,1-4H3;2*4-6H,1-3H3;2*3-5H,6H2,1-2H3/q2*-1;;-1;;2*-1;;/t;;;2*8-;;;;/m...11..../s1. The molecule has 10 rings (SSSR count). The number of aryl methyl sites for hydroxylation is 9. The minimum atomic E-state index is 0.134. The molecule has 15 heteroatoms. The van der Waals surface area contributed by atoms with Crippen molar-refractivity contribution < 1.29 is 106 Å². The van der Waals surface area contributed by atoms with Crippen LogP contribution in [0.15, 0.2) is 152 Å². The summed E-state index contributed by atoms with van der Waals surface area (Å²) in [6, 6.07) is 53.1. The van der Waals surface area contributed by atoms with Crippen molar-refractivity contribution in [3.8, 4) is 0 Å².